The molecule has 4 nitrogen and oxygen atoms in total. The van der Waals surface area contributed by atoms with Crippen LogP contribution in [0.3, 0.4) is 0 Å². The van der Waals surface area contributed by atoms with Crippen molar-refractivity contribution >= 4 is 16.8 Å². The fourth-order valence-corrected chi connectivity index (χ4v) is 2.12. The van der Waals surface area contributed by atoms with Crippen LogP contribution in [-0.2, 0) is 16.7 Å². The van der Waals surface area contributed by atoms with Gasteiger partial charge in [0.25, 0.3) is 10.8 Å². The lowest BCUT2D eigenvalue weighted by Crippen LogP contribution is -2.32. The molecule has 0 atom stereocenters. The van der Waals surface area contributed by atoms with E-state index in [-0.39, 0.29) is 16.5 Å². The van der Waals surface area contributed by atoms with Crippen molar-refractivity contribution in [2.75, 3.05) is 13.7 Å². The summed E-state index contributed by atoms with van der Waals surface area (Å²) in [5.41, 5.74) is 0.394. The molecule has 0 spiro atoms. The molecule has 1 rings (SSSR count). The summed E-state index contributed by atoms with van der Waals surface area (Å²) in [5.74, 6) is 0. The monoisotopic (exact) mass is 285 g/mol. The summed E-state index contributed by atoms with van der Waals surface area (Å²) in [6.07, 6.45) is 0.708. The van der Waals surface area contributed by atoms with Crippen LogP contribution in [0, 0.1) is 0 Å². The first-order valence-corrected chi connectivity index (χ1v) is 6.60. The molecule has 0 saturated carbocycles. The van der Waals surface area contributed by atoms with Gasteiger partial charge in [0.2, 0.25) is 0 Å². The van der Waals surface area contributed by atoms with Crippen LogP contribution in [0.1, 0.15) is 43.2 Å². The Morgan fingerprint density at radius 1 is 1.37 bits per heavy atom. The van der Waals surface area contributed by atoms with Crippen LogP contribution in [0.5, 0.6) is 0 Å². The van der Waals surface area contributed by atoms with Crippen LogP contribution in [0.4, 0.5) is 0 Å². The number of nitrogens with zero attached hydrogens (tertiary/aromatic N) is 1. The lowest BCUT2D eigenvalue weighted by atomic mass is 9.90. The highest BCUT2D eigenvalue weighted by Crippen LogP contribution is 2.21. The van der Waals surface area contributed by atoms with E-state index in [1.165, 1.54) is 6.07 Å². The molecule has 1 aromatic heterocycles. The van der Waals surface area contributed by atoms with Crippen LogP contribution in [0.2, 0.25) is 0 Å². The van der Waals surface area contributed by atoms with E-state index in [0.717, 1.165) is 5.69 Å². The minimum atomic E-state index is -0.717. The summed E-state index contributed by atoms with van der Waals surface area (Å²) in [6.45, 7) is 7.15. The van der Waals surface area contributed by atoms with Gasteiger partial charge in [-0.3, -0.25) is 9.59 Å². The topological polar surface area (TPSA) is 48.3 Å². The SMILES string of the molecule is COCCCn1c(C(C)(C)C)ccc(C(=O)Cl)c1=O. The Kier molecular flexibility index (Phi) is 5.32. The van der Waals surface area contributed by atoms with Gasteiger partial charge in [0.1, 0.15) is 0 Å². The zero-order valence-corrected chi connectivity index (χ0v) is 12.6. The first-order valence-electron chi connectivity index (χ1n) is 6.22. The second kappa shape index (κ2) is 6.35. The normalized spacial score (nSPS) is 11.6. The maximum absolute atomic E-state index is 12.3. The Hall–Kier alpha value is -1.13. The highest BCUT2D eigenvalue weighted by Gasteiger charge is 2.21. The van der Waals surface area contributed by atoms with Gasteiger partial charge >= 0.3 is 0 Å². The van der Waals surface area contributed by atoms with Gasteiger partial charge in [0.05, 0.1) is 5.56 Å². The first kappa shape index (κ1) is 15.9. The third kappa shape index (κ3) is 3.91. The number of pyridine rings is 1. The van der Waals surface area contributed by atoms with E-state index >= 15 is 0 Å². The molecular formula is C14H20ClNO3. The highest BCUT2D eigenvalue weighted by molar-refractivity contribution is 6.67. The molecular weight excluding hydrogens is 266 g/mol. The molecule has 0 aliphatic rings. The van der Waals surface area contributed by atoms with Crippen LogP contribution in [0.25, 0.3) is 0 Å². The summed E-state index contributed by atoms with van der Waals surface area (Å²) >= 11 is 5.43. The standard InChI is InChI=1S/C14H20ClNO3/c1-14(2,3)11-7-6-10(12(15)17)13(18)16(11)8-5-9-19-4/h6-7H,5,8-9H2,1-4H3. The van der Waals surface area contributed by atoms with Crippen molar-refractivity contribution < 1.29 is 9.53 Å². The molecule has 0 aliphatic carbocycles. The van der Waals surface area contributed by atoms with Gasteiger partial charge in [0, 0.05) is 31.4 Å². The van der Waals surface area contributed by atoms with Gasteiger partial charge < -0.3 is 9.30 Å². The van der Waals surface area contributed by atoms with Crippen molar-refractivity contribution in [3.05, 3.63) is 33.7 Å². The molecule has 0 amide bonds. The predicted molar refractivity (Wildman–Crippen MR) is 76.1 cm³/mol. The Balaban J connectivity index is 3.30. The summed E-state index contributed by atoms with van der Waals surface area (Å²) in [6, 6.07) is 3.30. The molecule has 0 fully saturated rings. The van der Waals surface area contributed by atoms with Crippen LogP contribution in [-0.4, -0.2) is 23.5 Å². The number of carbonyl (C=O) groups is 1. The molecule has 0 N–H and O–H groups in total. The smallest absolute Gasteiger partial charge is 0.262 e. The molecule has 1 aromatic rings. The van der Waals surface area contributed by atoms with Crippen molar-refractivity contribution in [1.82, 2.24) is 4.57 Å². The lowest BCUT2D eigenvalue weighted by molar-refractivity contribution is 0.107. The Morgan fingerprint density at radius 2 is 2.00 bits per heavy atom. The van der Waals surface area contributed by atoms with E-state index in [9.17, 15) is 9.59 Å². The number of methoxy groups -OCH3 is 1. The number of ether oxygens (including phenoxy) is 1. The number of halogens is 1. The fraction of sp³-hybridized carbons (Fsp3) is 0.571. The van der Waals surface area contributed by atoms with Gasteiger partial charge in [-0.15, -0.1) is 0 Å². The predicted octanol–water partition coefficient (Wildman–Crippen LogP) is 2.56. The van der Waals surface area contributed by atoms with Crippen molar-refractivity contribution in [3.8, 4) is 0 Å². The third-order valence-corrected chi connectivity index (χ3v) is 3.09. The average Bonchev–Trinajstić information content (AvgIpc) is 2.29. The van der Waals surface area contributed by atoms with E-state index in [1.807, 2.05) is 20.8 Å². The molecule has 0 radical (unpaired) electrons. The van der Waals surface area contributed by atoms with Gasteiger partial charge in [-0.25, -0.2) is 0 Å². The number of hydrogen-bond donors (Lipinski definition) is 0. The summed E-state index contributed by atoms with van der Waals surface area (Å²) < 4.78 is 6.62. The number of hydrogen-bond acceptors (Lipinski definition) is 3. The van der Waals surface area contributed by atoms with E-state index in [4.69, 9.17) is 16.3 Å². The van der Waals surface area contributed by atoms with E-state index in [0.29, 0.717) is 19.6 Å². The summed E-state index contributed by atoms with van der Waals surface area (Å²) in [5, 5.41) is -0.717. The largest absolute Gasteiger partial charge is 0.385 e. The second-order valence-corrected chi connectivity index (χ2v) is 5.80. The van der Waals surface area contributed by atoms with E-state index in [1.54, 1.807) is 17.7 Å². The van der Waals surface area contributed by atoms with Crippen LogP contribution >= 0.6 is 11.6 Å². The zero-order valence-electron chi connectivity index (χ0n) is 11.8. The Morgan fingerprint density at radius 3 is 2.47 bits per heavy atom. The van der Waals surface area contributed by atoms with Gasteiger partial charge in [0.15, 0.2) is 0 Å². The molecule has 1 heterocycles. The molecule has 0 bridgehead atoms. The summed E-state index contributed by atoms with van der Waals surface area (Å²) in [4.78, 5) is 23.5. The quantitative estimate of drug-likeness (QED) is 0.617. The number of carbonyl (C=O) groups excluding carboxylic acids is 1. The average molecular weight is 286 g/mol. The second-order valence-electron chi connectivity index (χ2n) is 5.46. The third-order valence-electron chi connectivity index (χ3n) is 2.88. The van der Waals surface area contributed by atoms with Gasteiger partial charge in [-0.05, 0) is 30.2 Å². The Labute approximate surface area is 118 Å². The van der Waals surface area contributed by atoms with Crippen molar-refractivity contribution in [1.29, 1.82) is 0 Å². The minimum Gasteiger partial charge on any atom is -0.385 e. The number of aromatic nitrogens is 1. The van der Waals surface area contributed by atoms with Crippen LogP contribution < -0.4 is 5.56 Å². The fourth-order valence-electron chi connectivity index (χ4n) is 1.97. The molecule has 0 saturated heterocycles. The van der Waals surface area contributed by atoms with Crippen molar-refractivity contribution in [3.63, 3.8) is 0 Å². The van der Waals surface area contributed by atoms with E-state index < -0.39 is 5.24 Å². The number of rotatable bonds is 5. The van der Waals surface area contributed by atoms with Gasteiger partial charge in [-0.1, -0.05) is 20.8 Å². The highest BCUT2D eigenvalue weighted by atomic mass is 35.5. The lowest BCUT2D eigenvalue weighted by Gasteiger charge is -2.24. The molecule has 5 heteroatoms. The van der Waals surface area contributed by atoms with E-state index in [2.05, 4.69) is 0 Å². The van der Waals surface area contributed by atoms with Crippen molar-refractivity contribution in [2.24, 2.45) is 0 Å². The first-order chi connectivity index (χ1) is 8.79. The minimum absolute atomic E-state index is 0.0204. The Bertz CT molecular complexity index is 514. The summed E-state index contributed by atoms with van der Waals surface area (Å²) in [7, 11) is 1.62. The molecule has 0 aliphatic heterocycles. The zero-order chi connectivity index (χ0) is 14.6. The molecule has 0 aromatic carbocycles. The molecule has 19 heavy (non-hydrogen) atoms. The van der Waals surface area contributed by atoms with Gasteiger partial charge in [-0.2, -0.15) is 0 Å². The molecule has 106 valence electrons. The maximum Gasteiger partial charge on any atom is 0.262 e. The van der Waals surface area contributed by atoms with Crippen molar-refractivity contribution in [2.45, 2.75) is 39.2 Å². The molecule has 0 unspecified atom stereocenters. The maximum atomic E-state index is 12.3. The van der Waals surface area contributed by atoms with Crippen LogP contribution in [0.15, 0.2) is 16.9 Å².